The fraction of sp³-hybridized carbons (Fsp3) is 0.125. The third-order valence-corrected chi connectivity index (χ3v) is 2.28. The molecule has 1 aromatic carbocycles. The molecule has 0 amide bonds. The Labute approximate surface area is 94.9 Å². The standard InChI is InChI=1S/C8H6Cl2N2O3/c9-3-8(13)4-1-5(10)7(12(14)15)2-6(4)11/h1-2H,3,11H2. The van der Waals surface area contributed by atoms with Gasteiger partial charge in [0.05, 0.1) is 10.8 Å². The fourth-order valence-electron chi connectivity index (χ4n) is 1.03. The van der Waals surface area contributed by atoms with Crippen LogP contribution < -0.4 is 5.73 Å². The van der Waals surface area contributed by atoms with Crippen LogP contribution in [0.2, 0.25) is 5.02 Å². The van der Waals surface area contributed by atoms with Crippen LogP contribution in [-0.2, 0) is 0 Å². The highest BCUT2D eigenvalue weighted by molar-refractivity contribution is 6.34. The highest BCUT2D eigenvalue weighted by Gasteiger charge is 2.18. The number of hydrogen-bond donors (Lipinski definition) is 1. The summed E-state index contributed by atoms with van der Waals surface area (Å²) < 4.78 is 0. The van der Waals surface area contributed by atoms with E-state index in [1.165, 1.54) is 0 Å². The molecule has 0 spiro atoms. The van der Waals surface area contributed by atoms with Crippen LogP contribution >= 0.6 is 23.2 Å². The number of alkyl halides is 1. The lowest BCUT2D eigenvalue weighted by Gasteiger charge is -2.03. The van der Waals surface area contributed by atoms with Crippen molar-refractivity contribution in [2.24, 2.45) is 0 Å². The second kappa shape index (κ2) is 4.46. The van der Waals surface area contributed by atoms with E-state index in [2.05, 4.69) is 0 Å². The molecule has 0 heterocycles. The molecule has 7 heteroatoms. The van der Waals surface area contributed by atoms with Gasteiger partial charge in [-0.3, -0.25) is 14.9 Å². The van der Waals surface area contributed by atoms with E-state index >= 15 is 0 Å². The summed E-state index contributed by atoms with van der Waals surface area (Å²) >= 11 is 10.9. The van der Waals surface area contributed by atoms with E-state index in [-0.39, 0.29) is 27.8 Å². The molecule has 0 fully saturated rings. The molecule has 0 bridgehead atoms. The molecule has 0 aromatic heterocycles. The molecule has 1 rings (SSSR count). The van der Waals surface area contributed by atoms with E-state index in [1.54, 1.807) is 0 Å². The Kier molecular flexibility index (Phi) is 3.49. The maximum atomic E-state index is 11.2. The van der Waals surface area contributed by atoms with E-state index < -0.39 is 10.7 Å². The lowest BCUT2D eigenvalue weighted by Crippen LogP contribution is -2.06. The number of carbonyl (C=O) groups excluding carboxylic acids is 1. The van der Waals surface area contributed by atoms with Gasteiger partial charge in [-0.2, -0.15) is 0 Å². The second-order valence-corrected chi connectivity index (χ2v) is 3.38. The van der Waals surface area contributed by atoms with Crippen LogP contribution in [0.25, 0.3) is 0 Å². The molecule has 1 aromatic rings. The number of anilines is 1. The minimum atomic E-state index is -0.673. The zero-order valence-corrected chi connectivity index (χ0v) is 8.88. The Morgan fingerprint density at radius 2 is 2.13 bits per heavy atom. The van der Waals surface area contributed by atoms with Crippen LogP contribution in [0.5, 0.6) is 0 Å². The number of rotatable bonds is 3. The predicted molar refractivity (Wildman–Crippen MR) is 57.6 cm³/mol. The van der Waals surface area contributed by atoms with E-state index in [9.17, 15) is 14.9 Å². The predicted octanol–water partition coefficient (Wildman–Crippen LogP) is 2.25. The molecule has 0 radical (unpaired) electrons. The molecule has 15 heavy (non-hydrogen) atoms. The molecule has 0 unspecified atom stereocenters. The van der Waals surface area contributed by atoms with Crippen LogP contribution in [0.15, 0.2) is 12.1 Å². The maximum Gasteiger partial charge on any atom is 0.289 e. The van der Waals surface area contributed by atoms with E-state index in [1.807, 2.05) is 0 Å². The Morgan fingerprint density at radius 1 is 1.53 bits per heavy atom. The van der Waals surface area contributed by atoms with Gasteiger partial charge in [-0.05, 0) is 6.07 Å². The number of nitro benzene ring substituents is 1. The summed E-state index contributed by atoms with van der Waals surface area (Å²) in [6.45, 7) is 0. The lowest BCUT2D eigenvalue weighted by molar-refractivity contribution is -0.384. The first-order valence-corrected chi connectivity index (χ1v) is 4.71. The van der Waals surface area contributed by atoms with E-state index in [0.29, 0.717) is 0 Å². The number of Topliss-reactive ketones (excluding diaryl/α,β-unsaturated/α-hetero) is 1. The van der Waals surface area contributed by atoms with Crippen molar-refractivity contribution >= 4 is 40.4 Å². The molecular weight excluding hydrogens is 243 g/mol. The van der Waals surface area contributed by atoms with Gasteiger partial charge in [0.25, 0.3) is 5.69 Å². The minimum absolute atomic E-state index is 0.00301. The second-order valence-electron chi connectivity index (χ2n) is 2.70. The molecule has 0 saturated heterocycles. The molecular formula is C8H6Cl2N2O3. The van der Waals surface area contributed by atoms with Gasteiger partial charge in [0.1, 0.15) is 5.02 Å². The van der Waals surface area contributed by atoms with Crippen molar-refractivity contribution in [3.63, 3.8) is 0 Å². The Morgan fingerprint density at radius 3 is 2.60 bits per heavy atom. The minimum Gasteiger partial charge on any atom is -0.398 e. The van der Waals surface area contributed by atoms with Crippen LogP contribution in [0.3, 0.4) is 0 Å². The van der Waals surface area contributed by atoms with Crippen molar-refractivity contribution in [3.05, 3.63) is 32.8 Å². The SMILES string of the molecule is Nc1cc([N+](=O)[O-])c(Cl)cc1C(=O)CCl. The number of nitrogens with two attached hydrogens (primary N) is 1. The average Bonchev–Trinajstić information content (AvgIpc) is 2.19. The van der Waals surface area contributed by atoms with Crippen molar-refractivity contribution in [1.82, 2.24) is 0 Å². The van der Waals surface area contributed by atoms with Crippen molar-refractivity contribution in [2.45, 2.75) is 0 Å². The smallest absolute Gasteiger partial charge is 0.289 e. The number of nitrogen functional groups attached to an aromatic ring is 1. The number of ketones is 1. The van der Waals surface area contributed by atoms with Crippen molar-refractivity contribution < 1.29 is 9.72 Å². The van der Waals surface area contributed by atoms with E-state index in [4.69, 9.17) is 28.9 Å². The van der Waals surface area contributed by atoms with Gasteiger partial charge < -0.3 is 5.73 Å². The topological polar surface area (TPSA) is 86.2 Å². The molecule has 0 atom stereocenters. The normalized spacial score (nSPS) is 10.0. The summed E-state index contributed by atoms with van der Waals surface area (Å²) in [7, 11) is 0. The number of carbonyl (C=O) groups is 1. The van der Waals surface area contributed by atoms with E-state index in [0.717, 1.165) is 12.1 Å². The molecule has 0 saturated carbocycles. The largest absolute Gasteiger partial charge is 0.398 e. The van der Waals surface area contributed by atoms with Gasteiger partial charge in [-0.15, -0.1) is 11.6 Å². The first-order valence-electron chi connectivity index (χ1n) is 3.80. The monoisotopic (exact) mass is 248 g/mol. The third kappa shape index (κ3) is 2.37. The first-order chi connectivity index (χ1) is 6.97. The average molecular weight is 249 g/mol. The van der Waals surface area contributed by atoms with Gasteiger partial charge in [-0.25, -0.2) is 0 Å². The summed E-state index contributed by atoms with van der Waals surface area (Å²) in [5, 5.41) is 10.3. The lowest BCUT2D eigenvalue weighted by atomic mass is 10.1. The van der Waals surface area contributed by atoms with Crippen molar-refractivity contribution in [3.8, 4) is 0 Å². The summed E-state index contributed by atoms with van der Waals surface area (Å²) in [4.78, 5) is 21.0. The van der Waals surface area contributed by atoms with Crippen LogP contribution in [0.4, 0.5) is 11.4 Å². The Bertz CT molecular complexity index is 434. The maximum absolute atomic E-state index is 11.2. The summed E-state index contributed by atoms with van der Waals surface area (Å²) in [5.74, 6) is -0.677. The van der Waals surface area contributed by atoms with Gasteiger partial charge in [0.15, 0.2) is 5.78 Å². The third-order valence-electron chi connectivity index (χ3n) is 1.74. The summed E-state index contributed by atoms with van der Waals surface area (Å²) in [5.41, 5.74) is 5.22. The van der Waals surface area contributed by atoms with Crippen LogP contribution in [0, 0.1) is 10.1 Å². The zero-order chi connectivity index (χ0) is 11.6. The van der Waals surface area contributed by atoms with Crippen LogP contribution in [-0.4, -0.2) is 16.6 Å². The van der Waals surface area contributed by atoms with Crippen LogP contribution in [0.1, 0.15) is 10.4 Å². The summed E-state index contributed by atoms with van der Waals surface area (Å²) in [6, 6.07) is 2.20. The molecule has 5 nitrogen and oxygen atoms in total. The van der Waals surface area contributed by atoms with Gasteiger partial charge in [-0.1, -0.05) is 11.6 Å². The quantitative estimate of drug-likeness (QED) is 0.292. The number of hydrogen-bond acceptors (Lipinski definition) is 4. The summed E-state index contributed by atoms with van der Waals surface area (Å²) in [6.07, 6.45) is 0. The molecule has 80 valence electrons. The van der Waals surface area contributed by atoms with Gasteiger partial charge in [0, 0.05) is 17.3 Å². The number of nitrogens with zero attached hydrogens (tertiary/aromatic N) is 1. The van der Waals surface area contributed by atoms with Crippen molar-refractivity contribution in [1.29, 1.82) is 0 Å². The highest BCUT2D eigenvalue weighted by Crippen LogP contribution is 2.29. The first kappa shape index (κ1) is 11.7. The number of nitro groups is 1. The van der Waals surface area contributed by atoms with Crippen molar-refractivity contribution in [2.75, 3.05) is 11.6 Å². The molecule has 0 aliphatic heterocycles. The molecule has 0 aliphatic rings. The highest BCUT2D eigenvalue weighted by atomic mass is 35.5. The van der Waals surface area contributed by atoms with Gasteiger partial charge >= 0.3 is 0 Å². The number of benzene rings is 1. The zero-order valence-electron chi connectivity index (χ0n) is 7.37. The Balaban J connectivity index is 3.31. The fourth-order valence-corrected chi connectivity index (χ4v) is 1.41. The number of halogens is 2. The van der Waals surface area contributed by atoms with Gasteiger partial charge in [0.2, 0.25) is 0 Å². The Hall–Kier alpha value is -1.33. The molecule has 0 aliphatic carbocycles. The molecule has 2 N–H and O–H groups in total.